The summed E-state index contributed by atoms with van der Waals surface area (Å²) in [7, 11) is 0. The number of hydrogen-bond acceptors (Lipinski definition) is 5. The van der Waals surface area contributed by atoms with Crippen LogP contribution < -0.4 is 15.6 Å². The summed E-state index contributed by atoms with van der Waals surface area (Å²) in [6, 6.07) is 10.5. The van der Waals surface area contributed by atoms with E-state index in [2.05, 4.69) is 15.2 Å². The molecule has 3 aromatic rings. The lowest BCUT2D eigenvalue weighted by Crippen LogP contribution is -2.33. The molecule has 0 bridgehead atoms. The number of alkyl halides is 3. The standard InChI is InChI=1S/C18H14F3N3O3S/c1-11(24-16(25)9-8-13(23-24)15-7-4-10-28-15)17(26)22-12-5-2-3-6-14(12)27-18(19,20)21/h2-11H,1H3,(H,22,26). The molecule has 1 atom stereocenters. The monoisotopic (exact) mass is 409 g/mol. The number of rotatable bonds is 5. The first-order chi connectivity index (χ1) is 13.2. The largest absolute Gasteiger partial charge is 0.573 e. The molecule has 0 radical (unpaired) electrons. The van der Waals surface area contributed by atoms with E-state index in [1.54, 1.807) is 6.07 Å². The van der Waals surface area contributed by atoms with Crippen LogP contribution in [-0.4, -0.2) is 22.1 Å². The molecule has 0 aliphatic rings. The lowest BCUT2D eigenvalue weighted by atomic mass is 10.2. The second kappa shape index (κ2) is 7.85. The van der Waals surface area contributed by atoms with E-state index in [1.165, 1.54) is 42.5 Å². The molecule has 146 valence electrons. The van der Waals surface area contributed by atoms with Crippen LogP contribution in [0.15, 0.2) is 58.7 Å². The number of carbonyl (C=O) groups excluding carboxylic acids is 1. The van der Waals surface area contributed by atoms with E-state index in [0.29, 0.717) is 5.69 Å². The number of carbonyl (C=O) groups is 1. The second-order valence-electron chi connectivity index (χ2n) is 5.69. The SMILES string of the molecule is CC(C(=O)Nc1ccccc1OC(F)(F)F)n1nc(-c2cccs2)ccc1=O. The van der Waals surface area contributed by atoms with Crippen LogP contribution in [0.4, 0.5) is 18.9 Å². The van der Waals surface area contributed by atoms with Gasteiger partial charge in [-0.15, -0.1) is 24.5 Å². The molecule has 0 aliphatic carbocycles. The molecular formula is C18H14F3N3O3S. The number of nitrogens with one attached hydrogen (secondary N) is 1. The van der Waals surface area contributed by atoms with E-state index >= 15 is 0 Å². The number of thiophene rings is 1. The number of aromatic nitrogens is 2. The third-order valence-electron chi connectivity index (χ3n) is 3.72. The van der Waals surface area contributed by atoms with Crippen LogP contribution >= 0.6 is 11.3 Å². The number of amides is 1. The van der Waals surface area contributed by atoms with Crippen LogP contribution in [0.1, 0.15) is 13.0 Å². The first kappa shape index (κ1) is 19.6. The maximum absolute atomic E-state index is 12.5. The topological polar surface area (TPSA) is 73.2 Å². The van der Waals surface area contributed by atoms with Gasteiger partial charge in [-0.2, -0.15) is 5.10 Å². The van der Waals surface area contributed by atoms with Crippen molar-refractivity contribution in [3.05, 3.63) is 64.3 Å². The zero-order chi connectivity index (χ0) is 20.3. The molecular weight excluding hydrogens is 395 g/mol. The predicted octanol–water partition coefficient (Wildman–Crippen LogP) is 4.07. The Morgan fingerprint density at radius 2 is 1.93 bits per heavy atom. The highest BCUT2D eigenvalue weighted by atomic mass is 32.1. The molecule has 28 heavy (non-hydrogen) atoms. The van der Waals surface area contributed by atoms with Gasteiger partial charge in [0.05, 0.1) is 10.6 Å². The summed E-state index contributed by atoms with van der Waals surface area (Å²) in [6.45, 7) is 1.43. The van der Waals surface area contributed by atoms with Gasteiger partial charge >= 0.3 is 6.36 Å². The zero-order valence-electron chi connectivity index (χ0n) is 14.4. The Bertz CT molecular complexity index is 1030. The Balaban J connectivity index is 1.85. The minimum absolute atomic E-state index is 0.167. The van der Waals surface area contributed by atoms with E-state index in [-0.39, 0.29) is 5.69 Å². The van der Waals surface area contributed by atoms with E-state index in [9.17, 15) is 22.8 Å². The molecule has 3 rings (SSSR count). The third-order valence-corrected chi connectivity index (χ3v) is 4.61. The molecule has 0 saturated heterocycles. The molecule has 1 unspecified atom stereocenters. The molecule has 0 aliphatic heterocycles. The van der Waals surface area contributed by atoms with Crippen LogP contribution in [0.25, 0.3) is 10.6 Å². The lowest BCUT2D eigenvalue weighted by molar-refractivity contribution is -0.274. The summed E-state index contributed by atoms with van der Waals surface area (Å²) >= 11 is 1.42. The zero-order valence-corrected chi connectivity index (χ0v) is 15.3. The minimum Gasteiger partial charge on any atom is -0.404 e. The van der Waals surface area contributed by atoms with E-state index < -0.39 is 29.6 Å². The Morgan fingerprint density at radius 3 is 2.61 bits per heavy atom. The Morgan fingerprint density at radius 1 is 1.18 bits per heavy atom. The number of anilines is 1. The highest BCUT2D eigenvalue weighted by Crippen LogP contribution is 2.30. The van der Waals surface area contributed by atoms with E-state index in [4.69, 9.17) is 0 Å². The molecule has 1 N–H and O–H groups in total. The first-order valence-corrected chi connectivity index (χ1v) is 8.92. The highest BCUT2D eigenvalue weighted by molar-refractivity contribution is 7.13. The van der Waals surface area contributed by atoms with E-state index in [0.717, 1.165) is 15.6 Å². The van der Waals surface area contributed by atoms with Gasteiger partial charge < -0.3 is 10.1 Å². The number of hydrogen-bond donors (Lipinski definition) is 1. The molecule has 0 saturated carbocycles. The Labute approximate surface area is 161 Å². The Kier molecular flexibility index (Phi) is 5.50. The van der Waals surface area contributed by atoms with Gasteiger partial charge in [0, 0.05) is 6.07 Å². The van der Waals surface area contributed by atoms with Gasteiger partial charge in [0.25, 0.3) is 5.56 Å². The summed E-state index contributed by atoms with van der Waals surface area (Å²) in [5.41, 5.74) is -0.169. The van der Waals surface area contributed by atoms with Gasteiger partial charge in [0.1, 0.15) is 11.7 Å². The molecule has 0 spiro atoms. The number of para-hydroxylation sites is 2. The lowest BCUT2D eigenvalue weighted by Gasteiger charge is -2.17. The summed E-state index contributed by atoms with van der Waals surface area (Å²) in [6.07, 6.45) is -4.90. The number of benzene rings is 1. The van der Waals surface area contributed by atoms with Crippen molar-refractivity contribution in [1.29, 1.82) is 0 Å². The van der Waals surface area contributed by atoms with Crippen molar-refractivity contribution in [3.8, 4) is 16.3 Å². The summed E-state index contributed by atoms with van der Waals surface area (Å²) < 4.78 is 42.5. The van der Waals surface area contributed by atoms with Gasteiger partial charge in [-0.1, -0.05) is 18.2 Å². The van der Waals surface area contributed by atoms with Gasteiger partial charge in [0.15, 0.2) is 5.75 Å². The normalized spacial score (nSPS) is 12.4. The quantitative estimate of drug-likeness (QED) is 0.690. The van der Waals surface area contributed by atoms with Crippen molar-refractivity contribution >= 4 is 22.9 Å². The fourth-order valence-corrected chi connectivity index (χ4v) is 3.08. The molecule has 2 heterocycles. The average molecular weight is 409 g/mol. The molecule has 10 heteroatoms. The van der Waals surface area contributed by atoms with Crippen LogP contribution in [0.3, 0.4) is 0 Å². The second-order valence-corrected chi connectivity index (χ2v) is 6.64. The number of halogens is 3. The van der Waals surface area contributed by atoms with Gasteiger partial charge in [-0.3, -0.25) is 9.59 Å². The minimum atomic E-state index is -4.90. The van der Waals surface area contributed by atoms with Crippen LogP contribution in [0.5, 0.6) is 5.75 Å². The average Bonchev–Trinajstić information content (AvgIpc) is 3.16. The first-order valence-electron chi connectivity index (χ1n) is 8.04. The summed E-state index contributed by atoms with van der Waals surface area (Å²) in [5, 5.41) is 8.40. The maximum Gasteiger partial charge on any atom is 0.573 e. The van der Waals surface area contributed by atoms with Crippen LogP contribution in [0.2, 0.25) is 0 Å². The van der Waals surface area contributed by atoms with Gasteiger partial charge in [0.2, 0.25) is 5.91 Å². The van der Waals surface area contributed by atoms with Gasteiger partial charge in [-0.05, 0) is 36.6 Å². The fraction of sp³-hybridized carbons (Fsp3) is 0.167. The van der Waals surface area contributed by atoms with Crippen LogP contribution in [-0.2, 0) is 4.79 Å². The summed E-state index contributed by atoms with van der Waals surface area (Å²) in [4.78, 5) is 25.5. The van der Waals surface area contributed by atoms with Crippen molar-refractivity contribution in [2.75, 3.05) is 5.32 Å². The van der Waals surface area contributed by atoms with Crippen molar-refractivity contribution in [1.82, 2.24) is 9.78 Å². The molecule has 1 aromatic carbocycles. The number of nitrogens with zero attached hydrogens (tertiary/aromatic N) is 2. The van der Waals surface area contributed by atoms with Gasteiger partial charge in [-0.25, -0.2) is 4.68 Å². The maximum atomic E-state index is 12.5. The van der Waals surface area contributed by atoms with Crippen molar-refractivity contribution < 1.29 is 22.7 Å². The molecule has 2 aromatic heterocycles. The van der Waals surface area contributed by atoms with Crippen molar-refractivity contribution in [2.24, 2.45) is 0 Å². The highest BCUT2D eigenvalue weighted by Gasteiger charge is 2.32. The van der Waals surface area contributed by atoms with Crippen molar-refractivity contribution in [3.63, 3.8) is 0 Å². The smallest absolute Gasteiger partial charge is 0.404 e. The molecule has 1 amide bonds. The Hall–Kier alpha value is -3.14. The summed E-state index contributed by atoms with van der Waals surface area (Å²) in [5.74, 6) is -1.26. The molecule has 0 fully saturated rings. The van der Waals surface area contributed by atoms with E-state index in [1.807, 2.05) is 17.5 Å². The van der Waals surface area contributed by atoms with Crippen molar-refractivity contribution in [2.45, 2.75) is 19.3 Å². The van der Waals surface area contributed by atoms with Crippen LogP contribution in [0, 0.1) is 0 Å². The predicted molar refractivity (Wildman–Crippen MR) is 98.3 cm³/mol. The molecule has 6 nitrogen and oxygen atoms in total. The fourth-order valence-electron chi connectivity index (χ4n) is 2.39. The number of ether oxygens (including phenoxy) is 1. The third kappa shape index (κ3) is 4.58.